The van der Waals surface area contributed by atoms with Gasteiger partial charge < -0.3 is 15.4 Å². The molecule has 0 atom stereocenters. The van der Waals surface area contributed by atoms with Gasteiger partial charge in [0.25, 0.3) is 0 Å². The maximum atomic E-state index is 13.3. The van der Waals surface area contributed by atoms with Gasteiger partial charge in [-0.05, 0) is 12.1 Å². The second-order valence-corrected chi connectivity index (χ2v) is 4.90. The number of nitrogens with zero attached hydrogens (tertiary/aromatic N) is 1. The second kappa shape index (κ2) is 6.01. The lowest BCUT2D eigenvalue weighted by Crippen LogP contribution is -2.18. The molecule has 0 aliphatic carbocycles. The number of hydrogen-bond donors (Lipinski definition) is 1. The van der Waals surface area contributed by atoms with E-state index in [2.05, 4.69) is 0 Å². The predicted octanol–water partition coefficient (Wildman–Crippen LogP) is 3.71. The number of benzene rings is 2. The fourth-order valence-corrected chi connectivity index (χ4v) is 2.21. The molecule has 3 nitrogen and oxygen atoms in total. The van der Waals surface area contributed by atoms with E-state index in [1.807, 2.05) is 36.2 Å². The predicted molar refractivity (Wildman–Crippen MR) is 80.9 cm³/mol. The van der Waals surface area contributed by atoms with E-state index in [0.717, 1.165) is 11.3 Å². The van der Waals surface area contributed by atoms with E-state index in [0.29, 0.717) is 17.9 Å². The van der Waals surface area contributed by atoms with Crippen LogP contribution in [0.4, 0.5) is 15.8 Å². The first kappa shape index (κ1) is 14.5. The highest BCUT2D eigenvalue weighted by atomic mass is 35.5. The van der Waals surface area contributed by atoms with Crippen molar-refractivity contribution < 1.29 is 9.13 Å². The van der Waals surface area contributed by atoms with Gasteiger partial charge in [-0.15, -0.1) is 0 Å². The van der Waals surface area contributed by atoms with Crippen LogP contribution in [-0.4, -0.2) is 14.2 Å². The van der Waals surface area contributed by atoms with Gasteiger partial charge in [0.15, 0.2) is 0 Å². The third-order valence-corrected chi connectivity index (χ3v) is 3.37. The van der Waals surface area contributed by atoms with Crippen molar-refractivity contribution in [3.05, 3.63) is 52.8 Å². The molecule has 0 saturated heterocycles. The zero-order valence-corrected chi connectivity index (χ0v) is 12.1. The number of rotatable bonds is 4. The first-order valence-electron chi connectivity index (χ1n) is 6.10. The lowest BCUT2D eigenvalue weighted by atomic mass is 10.1. The Labute approximate surface area is 122 Å². The maximum absolute atomic E-state index is 13.3. The summed E-state index contributed by atoms with van der Waals surface area (Å²) in [5.74, 6) is 0.282. The number of nitrogen functional groups attached to an aromatic ring is 1. The van der Waals surface area contributed by atoms with Crippen LogP contribution in [0.15, 0.2) is 36.4 Å². The molecule has 0 aliphatic heterocycles. The second-order valence-electron chi connectivity index (χ2n) is 4.49. The molecule has 2 rings (SSSR count). The summed E-state index contributed by atoms with van der Waals surface area (Å²) in [7, 11) is 3.49. The van der Waals surface area contributed by atoms with Crippen LogP contribution in [-0.2, 0) is 6.54 Å². The summed E-state index contributed by atoms with van der Waals surface area (Å²) in [6.45, 7) is 0.580. The van der Waals surface area contributed by atoms with Crippen molar-refractivity contribution in [3.63, 3.8) is 0 Å². The van der Waals surface area contributed by atoms with Crippen LogP contribution >= 0.6 is 11.6 Å². The lowest BCUT2D eigenvalue weighted by molar-refractivity contribution is 0.409. The molecule has 2 aromatic carbocycles. The van der Waals surface area contributed by atoms with E-state index in [1.165, 1.54) is 12.1 Å². The van der Waals surface area contributed by atoms with Gasteiger partial charge in [-0.25, -0.2) is 4.39 Å². The molecule has 0 saturated carbocycles. The number of hydrogen-bond acceptors (Lipinski definition) is 3. The third-order valence-electron chi connectivity index (χ3n) is 3.08. The molecule has 0 aromatic heterocycles. The van der Waals surface area contributed by atoms with Crippen molar-refractivity contribution in [2.75, 3.05) is 24.8 Å². The van der Waals surface area contributed by atoms with Crippen LogP contribution in [0.1, 0.15) is 5.56 Å². The number of anilines is 2. The summed E-state index contributed by atoms with van der Waals surface area (Å²) in [4.78, 5) is 1.90. The molecule has 0 bridgehead atoms. The SMILES string of the molecule is COc1ccccc1CN(C)c1cc(Cl)c(F)cc1N. The lowest BCUT2D eigenvalue weighted by Gasteiger charge is -2.22. The van der Waals surface area contributed by atoms with Gasteiger partial charge in [0.1, 0.15) is 11.6 Å². The van der Waals surface area contributed by atoms with Gasteiger partial charge in [0, 0.05) is 25.2 Å². The minimum absolute atomic E-state index is 0.0566. The zero-order valence-electron chi connectivity index (χ0n) is 11.4. The molecular weight excluding hydrogens is 279 g/mol. The molecule has 0 unspecified atom stereocenters. The van der Waals surface area contributed by atoms with Crippen molar-refractivity contribution in [3.8, 4) is 5.75 Å². The Kier molecular flexibility index (Phi) is 4.35. The summed E-state index contributed by atoms with van der Waals surface area (Å²) in [6, 6.07) is 10.5. The van der Waals surface area contributed by atoms with Crippen LogP contribution in [0.5, 0.6) is 5.75 Å². The van der Waals surface area contributed by atoms with Crippen molar-refractivity contribution in [2.24, 2.45) is 0 Å². The molecule has 0 radical (unpaired) electrons. The molecule has 0 fully saturated rings. The summed E-state index contributed by atoms with van der Waals surface area (Å²) in [6.07, 6.45) is 0. The van der Waals surface area contributed by atoms with E-state index in [1.54, 1.807) is 7.11 Å². The van der Waals surface area contributed by atoms with Crippen LogP contribution < -0.4 is 15.4 Å². The smallest absolute Gasteiger partial charge is 0.143 e. The topological polar surface area (TPSA) is 38.5 Å². The summed E-state index contributed by atoms with van der Waals surface area (Å²) < 4.78 is 18.6. The first-order chi connectivity index (χ1) is 9.52. The van der Waals surface area contributed by atoms with Crippen LogP contribution in [0.3, 0.4) is 0 Å². The minimum Gasteiger partial charge on any atom is -0.496 e. The average Bonchev–Trinajstić information content (AvgIpc) is 2.43. The molecule has 0 aliphatic rings. The molecule has 0 spiro atoms. The fraction of sp³-hybridized carbons (Fsp3) is 0.200. The first-order valence-corrected chi connectivity index (χ1v) is 6.48. The Balaban J connectivity index is 2.28. The van der Waals surface area contributed by atoms with Crippen molar-refractivity contribution in [1.82, 2.24) is 0 Å². The van der Waals surface area contributed by atoms with Gasteiger partial charge in [0.05, 0.1) is 23.5 Å². The fourth-order valence-electron chi connectivity index (χ4n) is 2.06. The molecule has 0 amide bonds. The van der Waals surface area contributed by atoms with Crippen LogP contribution in [0, 0.1) is 5.82 Å². The van der Waals surface area contributed by atoms with Gasteiger partial charge in [-0.1, -0.05) is 29.8 Å². The van der Waals surface area contributed by atoms with E-state index < -0.39 is 5.82 Å². The largest absolute Gasteiger partial charge is 0.496 e. The van der Waals surface area contributed by atoms with Gasteiger partial charge in [-0.2, -0.15) is 0 Å². The van der Waals surface area contributed by atoms with Gasteiger partial charge in [0.2, 0.25) is 0 Å². The van der Waals surface area contributed by atoms with E-state index >= 15 is 0 Å². The summed E-state index contributed by atoms with van der Waals surface area (Å²) >= 11 is 5.81. The maximum Gasteiger partial charge on any atom is 0.143 e. The van der Waals surface area contributed by atoms with E-state index in [-0.39, 0.29) is 5.02 Å². The Morgan fingerprint density at radius 2 is 2.00 bits per heavy atom. The standard InChI is InChI=1S/C15H16ClFN2O/c1-19(9-10-5-3-4-6-15(10)20-2)14-7-11(16)12(17)8-13(14)18/h3-8H,9,18H2,1-2H3. The monoisotopic (exact) mass is 294 g/mol. The van der Waals surface area contributed by atoms with Crippen LogP contribution in [0.25, 0.3) is 0 Å². The Morgan fingerprint density at radius 1 is 1.30 bits per heavy atom. The molecule has 5 heteroatoms. The quantitative estimate of drug-likeness (QED) is 0.874. The minimum atomic E-state index is -0.515. The molecule has 2 aromatic rings. The van der Waals surface area contributed by atoms with Crippen molar-refractivity contribution in [1.29, 1.82) is 0 Å². The number of ether oxygens (including phenoxy) is 1. The Hall–Kier alpha value is -1.94. The highest BCUT2D eigenvalue weighted by Crippen LogP contribution is 2.30. The molecule has 0 heterocycles. The summed E-state index contributed by atoms with van der Waals surface area (Å²) in [5.41, 5.74) is 7.89. The Bertz CT molecular complexity index is 619. The highest BCUT2D eigenvalue weighted by molar-refractivity contribution is 6.31. The van der Waals surface area contributed by atoms with E-state index in [9.17, 15) is 4.39 Å². The summed E-state index contributed by atoms with van der Waals surface area (Å²) in [5, 5.41) is 0.0566. The van der Waals surface area contributed by atoms with Gasteiger partial charge >= 0.3 is 0 Å². The molecule has 106 valence electrons. The molecular formula is C15H16ClFN2O. The Morgan fingerprint density at radius 3 is 2.70 bits per heavy atom. The normalized spacial score (nSPS) is 10.4. The zero-order chi connectivity index (χ0) is 14.7. The van der Waals surface area contributed by atoms with Crippen molar-refractivity contribution in [2.45, 2.75) is 6.54 Å². The number of nitrogens with two attached hydrogens (primary N) is 1. The third kappa shape index (κ3) is 2.96. The highest BCUT2D eigenvalue weighted by Gasteiger charge is 2.12. The number of para-hydroxylation sites is 1. The molecule has 2 N–H and O–H groups in total. The number of halogens is 2. The van der Waals surface area contributed by atoms with E-state index in [4.69, 9.17) is 22.1 Å². The average molecular weight is 295 g/mol. The number of methoxy groups -OCH3 is 1. The van der Waals surface area contributed by atoms with Crippen LogP contribution in [0.2, 0.25) is 5.02 Å². The molecule has 20 heavy (non-hydrogen) atoms. The van der Waals surface area contributed by atoms with Crippen molar-refractivity contribution >= 4 is 23.0 Å². The van der Waals surface area contributed by atoms with Gasteiger partial charge in [-0.3, -0.25) is 0 Å².